The predicted molar refractivity (Wildman–Crippen MR) is 160 cm³/mol. The van der Waals surface area contributed by atoms with Crippen molar-refractivity contribution in [2.45, 2.75) is 52.0 Å². The lowest BCUT2D eigenvalue weighted by Gasteiger charge is -2.25. The highest BCUT2D eigenvalue weighted by Gasteiger charge is 2.28. The predicted octanol–water partition coefficient (Wildman–Crippen LogP) is 6.37. The molecule has 2 aliphatic rings. The fraction of sp³-hybridized carbons (Fsp3) is 0.452. The molecule has 1 aromatic carbocycles. The molecule has 4 heterocycles. The second kappa shape index (κ2) is 11.2. The minimum Gasteiger partial charge on any atom is -0.455 e. The molecule has 4 aromatic rings. The summed E-state index contributed by atoms with van der Waals surface area (Å²) in [7, 11) is 4.42. The van der Waals surface area contributed by atoms with E-state index in [0.717, 1.165) is 51.4 Å². The van der Waals surface area contributed by atoms with E-state index >= 15 is 0 Å². The number of likely N-dealkylation sites (N-methyl/N-ethyl adjacent to an activating group) is 1. The quantitative estimate of drug-likeness (QED) is 0.277. The summed E-state index contributed by atoms with van der Waals surface area (Å²) in [6, 6.07) is 10.8. The number of aryl methyl sites for hydroxylation is 3. The van der Waals surface area contributed by atoms with E-state index < -0.39 is 0 Å². The standard InChI is InChI=1S/C31H38N6OS/c1-20-15-23(7-10-27(20)38-25-8-5-21(2)32-17-25)35-30-29-26-9-6-22(16-28(26)39-31(29)34-19-33-30)11-13-37-14-12-24(18-37)36(3)4/h5,7-8,10,15,17,19,22,24H,6,9,11-14,16,18H2,1-4H3,(H,33,34,35). The van der Waals surface area contributed by atoms with Crippen molar-refractivity contribution in [3.63, 3.8) is 0 Å². The molecule has 2 atom stereocenters. The van der Waals surface area contributed by atoms with Crippen molar-refractivity contribution >= 4 is 33.1 Å². The molecule has 1 fully saturated rings. The molecule has 1 N–H and O–H groups in total. The van der Waals surface area contributed by atoms with Gasteiger partial charge in [-0.1, -0.05) is 0 Å². The molecular weight excluding hydrogens is 504 g/mol. The third-order valence-electron chi connectivity index (χ3n) is 8.33. The van der Waals surface area contributed by atoms with Gasteiger partial charge in [0, 0.05) is 28.8 Å². The molecule has 39 heavy (non-hydrogen) atoms. The Kier molecular flexibility index (Phi) is 7.51. The van der Waals surface area contributed by atoms with E-state index in [1.165, 1.54) is 61.1 Å². The minimum absolute atomic E-state index is 0.716. The van der Waals surface area contributed by atoms with Gasteiger partial charge in [0.05, 0.1) is 11.6 Å². The van der Waals surface area contributed by atoms with Crippen LogP contribution in [0.15, 0.2) is 42.9 Å². The molecule has 7 nitrogen and oxygen atoms in total. The summed E-state index contributed by atoms with van der Waals surface area (Å²) in [5.41, 5.74) is 4.47. The molecule has 0 amide bonds. The van der Waals surface area contributed by atoms with Gasteiger partial charge in [-0.05, 0) is 121 Å². The largest absolute Gasteiger partial charge is 0.455 e. The van der Waals surface area contributed by atoms with Gasteiger partial charge in [-0.15, -0.1) is 11.3 Å². The SMILES string of the molecule is Cc1ccc(Oc2ccc(Nc3ncnc4sc5c(c34)CCC(CCN3CCC(N(C)C)C3)C5)cc2C)cn1. The summed E-state index contributed by atoms with van der Waals surface area (Å²) in [4.78, 5) is 21.3. The summed E-state index contributed by atoms with van der Waals surface area (Å²) < 4.78 is 6.06. The van der Waals surface area contributed by atoms with Crippen molar-refractivity contribution in [3.05, 3.63) is 64.6 Å². The van der Waals surface area contributed by atoms with Crippen LogP contribution in [-0.2, 0) is 12.8 Å². The number of rotatable bonds is 8. The smallest absolute Gasteiger partial charge is 0.145 e. The maximum atomic E-state index is 6.06. The summed E-state index contributed by atoms with van der Waals surface area (Å²) in [5, 5.41) is 4.79. The molecule has 1 saturated heterocycles. The Labute approximate surface area is 235 Å². The number of fused-ring (bicyclic) bond motifs is 3. The third kappa shape index (κ3) is 5.78. The first-order valence-corrected chi connectivity index (χ1v) is 14.9. The van der Waals surface area contributed by atoms with Crippen LogP contribution in [-0.4, -0.2) is 64.5 Å². The van der Waals surface area contributed by atoms with Gasteiger partial charge in [0.1, 0.15) is 28.5 Å². The molecule has 3 aromatic heterocycles. The fourth-order valence-corrected chi connectivity index (χ4v) is 7.24. The zero-order valence-corrected chi connectivity index (χ0v) is 24.2. The van der Waals surface area contributed by atoms with E-state index in [1.807, 2.05) is 42.5 Å². The van der Waals surface area contributed by atoms with Gasteiger partial charge in [-0.2, -0.15) is 0 Å². The first-order valence-electron chi connectivity index (χ1n) is 14.0. The third-order valence-corrected chi connectivity index (χ3v) is 9.49. The molecule has 204 valence electrons. The number of aromatic nitrogens is 3. The van der Waals surface area contributed by atoms with Crippen molar-refractivity contribution in [1.29, 1.82) is 0 Å². The Bertz CT molecular complexity index is 1450. The molecular formula is C31H38N6OS. The van der Waals surface area contributed by atoms with Crippen LogP contribution in [0.4, 0.5) is 11.5 Å². The first-order chi connectivity index (χ1) is 18.9. The number of benzene rings is 1. The molecule has 0 saturated carbocycles. The number of nitrogens with zero attached hydrogens (tertiary/aromatic N) is 5. The van der Waals surface area contributed by atoms with Gasteiger partial charge in [-0.25, -0.2) is 9.97 Å². The Hall–Kier alpha value is -3.07. The number of nitrogens with one attached hydrogen (secondary N) is 1. The van der Waals surface area contributed by atoms with E-state index in [1.54, 1.807) is 12.5 Å². The number of hydrogen-bond acceptors (Lipinski definition) is 8. The number of anilines is 2. The van der Waals surface area contributed by atoms with Crippen molar-refractivity contribution < 1.29 is 4.74 Å². The Morgan fingerprint density at radius 1 is 1.10 bits per heavy atom. The van der Waals surface area contributed by atoms with Crippen molar-refractivity contribution in [1.82, 2.24) is 24.8 Å². The lowest BCUT2D eigenvalue weighted by atomic mass is 9.85. The topological polar surface area (TPSA) is 66.4 Å². The van der Waals surface area contributed by atoms with Crippen LogP contribution < -0.4 is 10.1 Å². The summed E-state index contributed by atoms with van der Waals surface area (Å²) in [5.74, 6) is 3.22. The van der Waals surface area contributed by atoms with Crippen LogP contribution >= 0.6 is 11.3 Å². The van der Waals surface area contributed by atoms with Gasteiger partial charge >= 0.3 is 0 Å². The van der Waals surface area contributed by atoms with E-state index in [-0.39, 0.29) is 0 Å². The van der Waals surface area contributed by atoms with E-state index in [0.29, 0.717) is 6.04 Å². The lowest BCUT2D eigenvalue weighted by molar-refractivity contribution is 0.252. The van der Waals surface area contributed by atoms with Crippen molar-refractivity contribution in [2.24, 2.45) is 5.92 Å². The van der Waals surface area contributed by atoms with Crippen LogP contribution in [0.3, 0.4) is 0 Å². The highest BCUT2D eigenvalue weighted by atomic mass is 32.1. The fourth-order valence-electron chi connectivity index (χ4n) is 5.94. The highest BCUT2D eigenvalue weighted by Crippen LogP contribution is 2.41. The average Bonchev–Trinajstić information content (AvgIpc) is 3.55. The van der Waals surface area contributed by atoms with Crippen LogP contribution in [0, 0.1) is 19.8 Å². The van der Waals surface area contributed by atoms with Crippen LogP contribution in [0.1, 0.15) is 41.0 Å². The average molecular weight is 543 g/mol. The van der Waals surface area contributed by atoms with Crippen LogP contribution in [0.5, 0.6) is 11.5 Å². The monoisotopic (exact) mass is 542 g/mol. The van der Waals surface area contributed by atoms with E-state index in [4.69, 9.17) is 4.74 Å². The van der Waals surface area contributed by atoms with Gasteiger partial charge in [0.15, 0.2) is 0 Å². The van der Waals surface area contributed by atoms with Gasteiger partial charge in [0.2, 0.25) is 0 Å². The van der Waals surface area contributed by atoms with Crippen LogP contribution in [0.25, 0.3) is 10.2 Å². The molecule has 1 aliphatic heterocycles. The molecule has 1 aliphatic carbocycles. The minimum atomic E-state index is 0.716. The van der Waals surface area contributed by atoms with Gasteiger partial charge < -0.3 is 19.9 Å². The second-order valence-corrected chi connectivity index (χ2v) is 12.4. The Balaban J connectivity index is 1.14. The number of hydrogen-bond donors (Lipinski definition) is 1. The molecule has 6 rings (SSSR count). The zero-order valence-electron chi connectivity index (χ0n) is 23.4. The zero-order chi connectivity index (χ0) is 26.9. The molecule has 0 spiro atoms. The summed E-state index contributed by atoms with van der Waals surface area (Å²) in [6.07, 6.45) is 9.56. The first kappa shape index (κ1) is 26.2. The van der Waals surface area contributed by atoms with Gasteiger partial charge in [-0.3, -0.25) is 4.98 Å². The van der Waals surface area contributed by atoms with Crippen molar-refractivity contribution in [2.75, 3.05) is 39.0 Å². The van der Waals surface area contributed by atoms with Crippen molar-refractivity contribution in [3.8, 4) is 11.5 Å². The number of ether oxygens (including phenoxy) is 1. The lowest BCUT2D eigenvalue weighted by Crippen LogP contribution is -2.32. The Morgan fingerprint density at radius 2 is 2.00 bits per heavy atom. The molecule has 2 unspecified atom stereocenters. The number of pyridine rings is 1. The van der Waals surface area contributed by atoms with E-state index in [9.17, 15) is 0 Å². The molecule has 0 bridgehead atoms. The normalized spacial score (nSPS) is 19.5. The second-order valence-electron chi connectivity index (χ2n) is 11.4. The number of thiophene rings is 1. The van der Waals surface area contributed by atoms with E-state index in [2.05, 4.69) is 57.2 Å². The molecule has 0 radical (unpaired) electrons. The summed E-state index contributed by atoms with van der Waals surface area (Å²) >= 11 is 1.86. The van der Waals surface area contributed by atoms with Gasteiger partial charge in [0.25, 0.3) is 0 Å². The number of likely N-dealkylation sites (tertiary alicyclic amines) is 1. The Morgan fingerprint density at radius 3 is 2.77 bits per heavy atom. The summed E-state index contributed by atoms with van der Waals surface area (Å²) in [6.45, 7) is 7.71. The van der Waals surface area contributed by atoms with Crippen LogP contribution in [0.2, 0.25) is 0 Å². The highest BCUT2D eigenvalue weighted by molar-refractivity contribution is 7.19. The maximum absolute atomic E-state index is 6.06. The maximum Gasteiger partial charge on any atom is 0.145 e. The molecule has 8 heteroatoms.